The van der Waals surface area contributed by atoms with Crippen LogP contribution in [0, 0.1) is 6.92 Å². The van der Waals surface area contributed by atoms with Crippen molar-refractivity contribution in [3.8, 4) is 17.0 Å². The summed E-state index contributed by atoms with van der Waals surface area (Å²) >= 11 is 0. The number of aromatic nitrogens is 2. The molecule has 1 aromatic carbocycles. The third kappa shape index (κ3) is 2.24. The molecule has 4 heteroatoms. The fourth-order valence-electron chi connectivity index (χ4n) is 2.62. The molecule has 0 aliphatic carbocycles. The summed E-state index contributed by atoms with van der Waals surface area (Å²) in [5.74, 6) is 1.99. The number of ether oxygens (including phenoxy) is 1. The van der Waals surface area contributed by atoms with E-state index < -0.39 is 0 Å². The van der Waals surface area contributed by atoms with Gasteiger partial charge >= 0.3 is 0 Å². The first kappa shape index (κ1) is 12.2. The summed E-state index contributed by atoms with van der Waals surface area (Å²) < 4.78 is 7.61. The summed E-state index contributed by atoms with van der Waals surface area (Å²) in [6, 6.07) is 6.41. The maximum absolute atomic E-state index is 6.00. The van der Waals surface area contributed by atoms with Gasteiger partial charge in [-0.05, 0) is 25.5 Å². The zero-order valence-corrected chi connectivity index (χ0v) is 11.4. The number of hydrogen-bond acceptors (Lipinski definition) is 3. The van der Waals surface area contributed by atoms with Crippen molar-refractivity contribution < 1.29 is 4.74 Å². The van der Waals surface area contributed by atoms with E-state index in [0.29, 0.717) is 0 Å². The van der Waals surface area contributed by atoms with Crippen LogP contribution in [0.25, 0.3) is 11.3 Å². The molecule has 0 spiro atoms. The predicted octanol–water partition coefficient (Wildman–Crippen LogP) is 2.14. The van der Waals surface area contributed by atoms with Gasteiger partial charge in [-0.3, -0.25) is 0 Å². The molecule has 1 aliphatic rings. The molecule has 0 bridgehead atoms. The van der Waals surface area contributed by atoms with Gasteiger partial charge in [0.05, 0.1) is 12.8 Å². The Labute approximate surface area is 113 Å². The average molecular weight is 257 g/mol. The molecule has 1 aliphatic heterocycles. The van der Waals surface area contributed by atoms with Crippen molar-refractivity contribution >= 4 is 0 Å². The van der Waals surface area contributed by atoms with Gasteiger partial charge in [0.25, 0.3) is 0 Å². The van der Waals surface area contributed by atoms with Crippen LogP contribution in [0.4, 0.5) is 0 Å². The number of hydrogen-bond donors (Lipinski definition) is 1. The van der Waals surface area contributed by atoms with Crippen molar-refractivity contribution in [1.82, 2.24) is 9.55 Å². The number of rotatable bonds is 2. The van der Waals surface area contributed by atoms with Crippen LogP contribution < -0.4 is 10.5 Å². The van der Waals surface area contributed by atoms with Crippen molar-refractivity contribution in [2.45, 2.75) is 32.4 Å². The Morgan fingerprint density at radius 2 is 2.26 bits per heavy atom. The van der Waals surface area contributed by atoms with Crippen molar-refractivity contribution in [2.24, 2.45) is 5.73 Å². The molecule has 0 saturated heterocycles. The molecule has 2 heterocycles. The lowest BCUT2D eigenvalue weighted by Gasteiger charge is -2.19. The maximum atomic E-state index is 6.00. The second-order valence-corrected chi connectivity index (χ2v) is 5.20. The van der Waals surface area contributed by atoms with Gasteiger partial charge in [-0.2, -0.15) is 0 Å². The minimum absolute atomic E-state index is 0.244. The molecule has 2 aromatic rings. The number of nitrogens with zero attached hydrogens (tertiary/aromatic N) is 2. The molecular formula is C15H19N3O. The Kier molecular flexibility index (Phi) is 3.03. The summed E-state index contributed by atoms with van der Waals surface area (Å²) in [6.45, 7) is 2.94. The molecular weight excluding hydrogens is 238 g/mol. The van der Waals surface area contributed by atoms with E-state index in [2.05, 4.69) is 23.8 Å². The van der Waals surface area contributed by atoms with Crippen LogP contribution in [0.1, 0.15) is 17.8 Å². The topological polar surface area (TPSA) is 53.1 Å². The van der Waals surface area contributed by atoms with E-state index in [-0.39, 0.29) is 6.04 Å². The maximum Gasteiger partial charge on any atom is 0.128 e. The van der Waals surface area contributed by atoms with E-state index in [1.54, 1.807) is 7.11 Å². The molecule has 4 nitrogen and oxygen atoms in total. The van der Waals surface area contributed by atoms with Gasteiger partial charge in [-0.15, -0.1) is 0 Å². The highest BCUT2D eigenvalue weighted by atomic mass is 16.5. The average Bonchev–Trinajstić information content (AvgIpc) is 2.81. The molecule has 0 fully saturated rings. The van der Waals surface area contributed by atoms with Gasteiger partial charge < -0.3 is 15.0 Å². The second kappa shape index (κ2) is 4.70. The number of methoxy groups -OCH3 is 1. The highest BCUT2D eigenvalue weighted by Crippen LogP contribution is 2.31. The number of benzene rings is 1. The standard InChI is InChI=1S/C15H19N3O/c1-10-3-5-14(19-2)12(7-10)13-9-18-8-11(16)4-6-15(18)17-13/h3,5,7,9,11H,4,6,8,16H2,1-2H3. The predicted molar refractivity (Wildman–Crippen MR) is 75.2 cm³/mol. The molecule has 3 rings (SSSR count). The highest BCUT2D eigenvalue weighted by Gasteiger charge is 2.19. The lowest BCUT2D eigenvalue weighted by atomic mass is 10.1. The van der Waals surface area contributed by atoms with Crippen molar-refractivity contribution in [2.75, 3.05) is 7.11 Å². The molecule has 100 valence electrons. The van der Waals surface area contributed by atoms with Crippen molar-refractivity contribution in [3.63, 3.8) is 0 Å². The first-order chi connectivity index (χ1) is 9.17. The van der Waals surface area contributed by atoms with Crippen LogP contribution in [-0.4, -0.2) is 22.7 Å². The molecule has 19 heavy (non-hydrogen) atoms. The second-order valence-electron chi connectivity index (χ2n) is 5.20. The first-order valence-corrected chi connectivity index (χ1v) is 6.64. The molecule has 1 aromatic heterocycles. The fourth-order valence-corrected chi connectivity index (χ4v) is 2.62. The Bertz CT molecular complexity index is 603. The summed E-state index contributed by atoms with van der Waals surface area (Å²) in [5.41, 5.74) is 9.24. The third-order valence-electron chi connectivity index (χ3n) is 3.66. The number of aryl methyl sites for hydroxylation is 2. The Balaban J connectivity index is 2.05. The Hall–Kier alpha value is -1.81. The van der Waals surface area contributed by atoms with Crippen LogP contribution in [0.2, 0.25) is 0 Å². The van der Waals surface area contributed by atoms with E-state index >= 15 is 0 Å². The minimum Gasteiger partial charge on any atom is -0.496 e. The lowest BCUT2D eigenvalue weighted by Crippen LogP contribution is -2.31. The summed E-state index contributed by atoms with van der Waals surface area (Å²) in [6.07, 6.45) is 4.06. The zero-order valence-electron chi connectivity index (χ0n) is 11.4. The minimum atomic E-state index is 0.244. The SMILES string of the molecule is COc1ccc(C)cc1-c1cn2c(n1)CCC(N)C2. The van der Waals surface area contributed by atoms with Gasteiger partial charge in [0.15, 0.2) is 0 Å². The molecule has 2 N–H and O–H groups in total. The molecule has 0 radical (unpaired) electrons. The van der Waals surface area contributed by atoms with Gasteiger partial charge in [0, 0.05) is 30.8 Å². The van der Waals surface area contributed by atoms with Crippen LogP contribution in [0.15, 0.2) is 24.4 Å². The van der Waals surface area contributed by atoms with Gasteiger partial charge in [-0.25, -0.2) is 4.98 Å². The summed E-state index contributed by atoms with van der Waals surface area (Å²) in [5, 5.41) is 0. The van der Waals surface area contributed by atoms with Crippen LogP contribution in [-0.2, 0) is 13.0 Å². The monoisotopic (exact) mass is 257 g/mol. The van der Waals surface area contributed by atoms with Gasteiger partial charge in [-0.1, -0.05) is 11.6 Å². The van der Waals surface area contributed by atoms with E-state index in [1.165, 1.54) is 5.56 Å². The molecule has 0 saturated carbocycles. The van der Waals surface area contributed by atoms with Crippen LogP contribution in [0.3, 0.4) is 0 Å². The third-order valence-corrected chi connectivity index (χ3v) is 3.66. The molecule has 1 atom stereocenters. The van der Waals surface area contributed by atoms with E-state index in [1.807, 2.05) is 12.1 Å². The lowest BCUT2D eigenvalue weighted by molar-refractivity contribution is 0.416. The Morgan fingerprint density at radius 1 is 1.42 bits per heavy atom. The van der Waals surface area contributed by atoms with Crippen LogP contribution >= 0.6 is 0 Å². The van der Waals surface area contributed by atoms with Crippen LogP contribution in [0.5, 0.6) is 5.75 Å². The number of nitrogens with two attached hydrogens (primary N) is 1. The zero-order chi connectivity index (χ0) is 13.4. The Morgan fingerprint density at radius 3 is 3.05 bits per heavy atom. The quantitative estimate of drug-likeness (QED) is 0.896. The first-order valence-electron chi connectivity index (χ1n) is 6.64. The number of fused-ring (bicyclic) bond motifs is 1. The fraction of sp³-hybridized carbons (Fsp3) is 0.400. The van der Waals surface area contributed by atoms with Gasteiger partial charge in [0.2, 0.25) is 0 Å². The van der Waals surface area contributed by atoms with E-state index in [4.69, 9.17) is 15.5 Å². The number of imidazole rings is 1. The summed E-state index contributed by atoms with van der Waals surface area (Å²) in [4.78, 5) is 4.73. The highest BCUT2D eigenvalue weighted by molar-refractivity contribution is 5.67. The van der Waals surface area contributed by atoms with Gasteiger partial charge in [0.1, 0.15) is 11.6 Å². The normalized spacial score (nSPS) is 18.2. The van der Waals surface area contributed by atoms with Crippen molar-refractivity contribution in [1.29, 1.82) is 0 Å². The summed E-state index contributed by atoms with van der Waals surface area (Å²) in [7, 11) is 1.69. The molecule has 0 amide bonds. The van der Waals surface area contributed by atoms with E-state index in [0.717, 1.165) is 42.2 Å². The van der Waals surface area contributed by atoms with Crippen molar-refractivity contribution in [3.05, 3.63) is 35.8 Å². The smallest absolute Gasteiger partial charge is 0.128 e. The largest absolute Gasteiger partial charge is 0.496 e. The molecule has 1 unspecified atom stereocenters. The van der Waals surface area contributed by atoms with E-state index in [9.17, 15) is 0 Å².